The van der Waals surface area contributed by atoms with Crippen LogP contribution in [0.2, 0.25) is 0 Å². The molecule has 4 nitrogen and oxygen atoms in total. The van der Waals surface area contributed by atoms with Crippen LogP contribution in [0.4, 0.5) is 0 Å². The van der Waals surface area contributed by atoms with Crippen LogP contribution in [0, 0.1) is 0 Å². The highest BCUT2D eigenvalue weighted by molar-refractivity contribution is 6.36. The number of carbonyl (C=O) groups excluding carboxylic acids is 2. The molecule has 0 bridgehead atoms. The van der Waals surface area contributed by atoms with E-state index in [1.807, 2.05) is 0 Å². The fourth-order valence-electron chi connectivity index (χ4n) is 1.65. The summed E-state index contributed by atoms with van der Waals surface area (Å²) in [6.45, 7) is 0. The van der Waals surface area contributed by atoms with Gasteiger partial charge in [-0.05, 0) is 23.6 Å². The molecular weight excluding hydrogens is 208 g/mol. The summed E-state index contributed by atoms with van der Waals surface area (Å²) in [5, 5.41) is 19.8. The lowest BCUT2D eigenvalue weighted by Gasteiger charge is -2.06. The van der Waals surface area contributed by atoms with E-state index in [4.69, 9.17) is 0 Å². The number of aromatic hydroxyl groups is 2. The van der Waals surface area contributed by atoms with Gasteiger partial charge in [-0.25, -0.2) is 0 Å². The van der Waals surface area contributed by atoms with Gasteiger partial charge in [-0.3, -0.25) is 9.59 Å². The van der Waals surface area contributed by atoms with Gasteiger partial charge in [0, 0.05) is 10.9 Å². The largest absolute Gasteiger partial charge is 0.508 e. The lowest BCUT2D eigenvalue weighted by atomic mass is 10.0. The number of Topliss-reactive ketones (excluding diaryl/α,β-unsaturated/α-hetero) is 1. The molecule has 0 fully saturated rings. The van der Waals surface area contributed by atoms with E-state index in [1.165, 1.54) is 18.2 Å². The lowest BCUT2D eigenvalue weighted by Crippen LogP contribution is -2.00. The first-order valence-corrected chi connectivity index (χ1v) is 4.57. The van der Waals surface area contributed by atoms with Crippen molar-refractivity contribution in [2.24, 2.45) is 0 Å². The summed E-state index contributed by atoms with van der Waals surface area (Å²) >= 11 is 0. The van der Waals surface area contributed by atoms with E-state index in [-0.39, 0.29) is 28.7 Å². The Balaban J connectivity index is 2.90. The first-order chi connectivity index (χ1) is 7.63. The van der Waals surface area contributed by atoms with Crippen LogP contribution in [0.3, 0.4) is 0 Å². The maximum absolute atomic E-state index is 11.3. The van der Waals surface area contributed by atoms with Gasteiger partial charge in [0.2, 0.25) is 5.78 Å². The maximum atomic E-state index is 11.3. The predicted octanol–water partition coefficient (Wildman–Crippen LogP) is 1.63. The molecule has 0 saturated carbocycles. The number of rotatable bonds is 2. The average molecular weight is 216 g/mol. The fourth-order valence-corrected chi connectivity index (χ4v) is 1.65. The van der Waals surface area contributed by atoms with Gasteiger partial charge in [0.25, 0.3) is 0 Å². The molecule has 0 aromatic heterocycles. The second-order valence-electron chi connectivity index (χ2n) is 3.35. The summed E-state index contributed by atoms with van der Waals surface area (Å²) in [6.07, 6.45) is 0.153. The fraction of sp³-hybridized carbons (Fsp3) is 0. The highest BCUT2D eigenvalue weighted by Crippen LogP contribution is 2.31. The van der Waals surface area contributed by atoms with Gasteiger partial charge in [-0.1, -0.05) is 12.1 Å². The summed E-state index contributed by atoms with van der Waals surface area (Å²) in [7, 11) is 0. The van der Waals surface area contributed by atoms with Crippen LogP contribution in [0.5, 0.6) is 11.5 Å². The summed E-state index contributed by atoms with van der Waals surface area (Å²) in [6, 6.07) is 7.22. The molecule has 0 saturated heterocycles. The van der Waals surface area contributed by atoms with Crippen LogP contribution in [-0.2, 0) is 4.79 Å². The molecule has 0 radical (unpaired) electrons. The molecule has 0 spiro atoms. The van der Waals surface area contributed by atoms with E-state index in [0.717, 1.165) is 0 Å². The molecule has 80 valence electrons. The molecule has 16 heavy (non-hydrogen) atoms. The minimum atomic E-state index is -0.776. The Morgan fingerprint density at radius 2 is 1.94 bits per heavy atom. The van der Waals surface area contributed by atoms with Crippen LogP contribution in [0.15, 0.2) is 30.3 Å². The monoisotopic (exact) mass is 216 g/mol. The molecule has 0 aliphatic heterocycles. The van der Waals surface area contributed by atoms with Crippen molar-refractivity contribution in [2.75, 3.05) is 0 Å². The van der Waals surface area contributed by atoms with Crippen molar-refractivity contribution >= 4 is 22.8 Å². The Morgan fingerprint density at radius 1 is 1.19 bits per heavy atom. The summed E-state index contributed by atoms with van der Waals surface area (Å²) < 4.78 is 0. The molecule has 2 aromatic carbocycles. The first kappa shape index (κ1) is 10.2. The minimum Gasteiger partial charge on any atom is -0.508 e. The molecule has 2 rings (SSSR count). The number of fused-ring (bicyclic) bond motifs is 1. The Morgan fingerprint density at radius 3 is 2.62 bits per heavy atom. The highest BCUT2D eigenvalue weighted by Gasteiger charge is 2.13. The second kappa shape index (κ2) is 3.66. The Labute approximate surface area is 90.8 Å². The molecule has 4 heteroatoms. The van der Waals surface area contributed by atoms with Gasteiger partial charge in [0.05, 0.1) is 0 Å². The molecule has 2 N–H and O–H groups in total. The van der Waals surface area contributed by atoms with Crippen LogP contribution < -0.4 is 0 Å². The van der Waals surface area contributed by atoms with E-state index in [2.05, 4.69) is 0 Å². The normalized spacial score (nSPS) is 10.2. The number of phenols is 2. The van der Waals surface area contributed by atoms with Crippen LogP contribution in [0.25, 0.3) is 10.8 Å². The van der Waals surface area contributed by atoms with Crippen LogP contribution in [-0.4, -0.2) is 22.3 Å². The molecule has 0 heterocycles. The van der Waals surface area contributed by atoms with Gasteiger partial charge in [-0.2, -0.15) is 0 Å². The van der Waals surface area contributed by atoms with Crippen LogP contribution >= 0.6 is 0 Å². The van der Waals surface area contributed by atoms with Crippen molar-refractivity contribution in [1.29, 1.82) is 0 Å². The smallest absolute Gasteiger partial charge is 0.226 e. The Bertz CT molecular complexity index is 587. The third-order valence-electron chi connectivity index (χ3n) is 2.31. The Kier molecular flexibility index (Phi) is 2.32. The number of ketones is 1. The third kappa shape index (κ3) is 1.50. The maximum Gasteiger partial charge on any atom is 0.226 e. The molecule has 0 aliphatic carbocycles. The SMILES string of the molecule is O=CC(=O)c1cc(O)cc2cccc(O)c12. The minimum absolute atomic E-state index is 0.00287. The van der Waals surface area contributed by atoms with Gasteiger partial charge < -0.3 is 10.2 Å². The van der Waals surface area contributed by atoms with Crippen molar-refractivity contribution in [3.05, 3.63) is 35.9 Å². The summed E-state index contributed by atoms with van der Waals surface area (Å²) in [5.74, 6) is -0.992. The van der Waals surface area contributed by atoms with E-state index >= 15 is 0 Å². The number of hydrogen-bond donors (Lipinski definition) is 2. The zero-order valence-electron chi connectivity index (χ0n) is 8.18. The van der Waals surface area contributed by atoms with Gasteiger partial charge in [0.15, 0.2) is 6.29 Å². The number of benzene rings is 2. The van der Waals surface area contributed by atoms with E-state index < -0.39 is 5.78 Å². The van der Waals surface area contributed by atoms with Gasteiger partial charge in [0.1, 0.15) is 11.5 Å². The standard InChI is InChI=1S/C12H8O4/c13-6-11(16)9-5-8(14)4-7-2-1-3-10(15)12(7)9/h1-6,14-15H. The molecule has 0 aliphatic rings. The van der Waals surface area contributed by atoms with Crippen molar-refractivity contribution in [1.82, 2.24) is 0 Å². The zero-order valence-corrected chi connectivity index (χ0v) is 8.18. The van der Waals surface area contributed by atoms with E-state index in [9.17, 15) is 19.8 Å². The summed E-state index contributed by atoms with van der Waals surface area (Å²) in [5.41, 5.74) is 0.00287. The number of phenolic OH excluding ortho intramolecular Hbond substituents is 2. The van der Waals surface area contributed by atoms with Crippen molar-refractivity contribution in [3.8, 4) is 11.5 Å². The lowest BCUT2D eigenvalue weighted by molar-refractivity contribution is -0.104. The van der Waals surface area contributed by atoms with Gasteiger partial charge in [-0.15, -0.1) is 0 Å². The molecule has 0 unspecified atom stereocenters. The number of aldehydes is 1. The molecule has 2 aromatic rings. The second-order valence-corrected chi connectivity index (χ2v) is 3.35. The molecular formula is C12H8O4. The number of hydrogen-bond acceptors (Lipinski definition) is 4. The van der Waals surface area contributed by atoms with Crippen molar-refractivity contribution in [3.63, 3.8) is 0 Å². The first-order valence-electron chi connectivity index (χ1n) is 4.57. The highest BCUT2D eigenvalue weighted by atomic mass is 16.3. The zero-order chi connectivity index (χ0) is 11.7. The molecule has 0 atom stereocenters. The quantitative estimate of drug-likeness (QED) is 0.454. The Hall–Kier alpha value is -2.36. The van der Waals surface area contributed by atoms with Crippen LogP contribution in [0.1, 0.15) is 10.4 Å². The predicted molar refractivity (Wildman–Crippen MR) is 57.7 cm³/mol. The summed E-state index contributed by atoms with van der Waals surface area (Å²) in [4.78, 5) is 21.8. The van der Waals surface area contributed by atoms with E-state index in [1.54, 1.807) is 12.1 Å². The van der Waals surface area contributed by atoms with E-state index in [0.29, 0.717) is 5.39 Å². The van der Waals surface area contributed by atoms with Crippen molar-refractivity contribution < 1.29 is 19.8 Å². The topological polar surface area (TPSA) is 74.6 Å². The third-order valence-corrected chi connectivity index (χ3v) is 2.31. The average Bonchev–Trinajstić information content (AvgIpc) is 2.27. The van der Waals surface area contributed by atoms with Crippen molar-refractivity contribution in [2.45, 2.75) is 0 Å². The molecule has 0 amide bonds. The number of carbonyl (C=O) groups is 2. The van der Waals surface area contributed by atoms with Gasteiger partial charge >= 0.3 is 0 Å².